The van der Waals surface area contributed by atoms with E-state index in [4.69, 9.17) is 0 Å². The Hall–Kier alpha value is -2.45. The Bertz CT molecular complexity index is 940. The highest BCUT2D eigenvalue weighted by Crippen LogP contribution is 2.26. The summed E-state index contributed by atoms with van der Waals surface area (Å²) in [5.41, 5.74) is 1.13. The van der Waals surface area contributed by atoms with E-state index in [0.29, 0.717) is 50.3 Å². The lowest BCUT2D eigenvalue weighted by Gasteiger charge is -2.33. The molecule has 1 aliphatic rings. The summed E-state index contributed by atoms with van der Waals surface area (Å²) in [4.78, 5) is 14.7. The number of carbonyl (C=O) groups is 1. The first kappa shape index (κ1) is 21.3. The van der Waals surface area contributed by atoms with E-state index in [1.54, 1.807) is 30.3 Å². The number of para-hydroxylation sites is 1. The Morgan fingerprint density at radius 1 is 1.10 bits per heavy atom. The van der Waals surface area contributed by atoms with Crippen LogP contribution in [0.5, 0.6) is 0 Å². The van der Waals surface area contributed by atoms with Crippen molar-refractivity contribution in [3.8, 4) is 0 Å². The van der Waals surface area contributed by atoms with Crippen molar-refractivity contribution in [2.75, 3.05) is 29.9 Å². The molecule has 0 bridgehead atoms. The van der Waals surface area contributed by atoms with Gasteiger partial charge in [0.2, 0.25) is 15.9 Å². The fourth-order valence-electron chi connectivity index (χ4n) is 3.37. The summed E-state index contributed by atoms with van der Waals surface area (Å²) in [7, 11) is -3.52. The molecule has 0 aliphatic carbocycles. The molecule has 1 amide bonds. The first-order valence-electron chi connectivity index (χ1n) is 9.81. The number of nitrogens with one attached hydrogen (secondary N) is 2. The molecule has 2 aromatic rings. The zero-order valence-corrected chi connectivity index (χ0v) is 17.2. The molecule has 0 saturated carbocycles. The molecule has 3 rings (SSSR count). The van der Waals surface area contributed by atoms with Crippen LogP contribution in [0.1, 0.15) is 26.2 Å². The number of nitrogens with zero attached hydrogens (tertiary/aromatic N) is 1. The van der Waals surface area contributed by atoms with Crippen molar-refractivity contribution >= 4 is 27.3 Å². The minimum atomic E-state index is -3.52. The van der Waals surface area contributed by atoms with E-state index in [2.05, 4.69) is 10.0 Å². The van der Waals surface area contributed by atoms with Gasteiger partial charge in [0.1, 0.15) is 5.82 Å². The summed E-state index contributed by atoms with van der Waals surface area (Å²) in [6.45, 7) is 3.49. The summed E-state index contributed by atoms with van der Waals surface area (Å²) in [5.74, 6) is -0.510. The zero-order valence-electron chi connectivity index (χ0n) is 16.4. The maximum absolute atomic E-state index is 13.9. The van der Waals surface area contributed by atoms with E-state index in [1.165, 1.54) is 18.2 Å². The van der Waals surface area contributed by atoms with Crippen LogP contribution in [-0.4, -0.2) is 34.0 Å². The molecule has 0 atom stereocenters. The van der Waals surface area contributed by atoms with Gasteiger partial charge in [0, 0.05) is 31.2 Å². The van der Waals surface area contributed by atoms with Crippen LogP contribution in [0.4, 0.5) is 15.8 Å². The van der Waals surface area contributed by atoms with Crippen LogP contribution < -0.4 is 14.9 Å². The Morgan fingerprint density at radius 2 is 1.76 bits per heavy atom. The average Bonchev–Trinajstić information content (AvgIpc) is 2.73. The highest BCUT2D eigenvalue weighted by Gasteiger charge is 2.26. The molecule has 156 valence electrons. The SMILES string of the molecule is CCCNS(=O)(=O)c1ccc(NC(=O)C2CCN(c3ccccc3F)CC2)cc1. The summed E-state index contributed by atoms with van der Waals surface area (Å²) in [6.07, 6.45) is 1.98. The van der Waals surface area contributed by atoms with Crippen molar-refractivity contribution < 1.29 is 17.6 Å². The van der Waals surface area contributed by atoms with Crippen LogP contribution in [0.3, 0.4) is 0 Å². The minimum absolute atomic E-state index is 0.0992. The number of carbonyl (C=O) groups excluding carboxylic acids is 1. The van der Waals surface area contributed by atoms with Gasteiger partial charge in [-0.2, -0.15) is 0 Å². The lowest BCUT2D eigenvalue weighted by atomic mass is 9.95. The molecule has 8 heteroatoms. The lowest BCUT2D eigenvalue weighted by Crippen LogP contribution is -2.38. The summed E-state index contributed by atoms with van der Waals surface area (Å²) >= 11 is 0. The van der Waals surface area contributed by atoms with E-state index in [9.17, 15) is 17.6 Å². The number of benzene rings is 2. The second-order valence-corrected chi connectivity index (χ2v) is 8.89. The van der Waals surface area contributed by atoms with Gasteiger partial charge in [-0.3, -0.25) is 4.79 Å². The topological polar surface area (TPSA) is 78.5 Å². The third-order valence-corrected chi connectivity index (χ3v) is 6.51. The smallest absolute Gasteiger partial charge is 0.240 e. The molecule has 0 unspecified atom stereocenters. The van der Waals surface area contributed by atoms with Gasteiger partial charge in [0.25, 0.3) is 0 Å². The van der Waals surface area contributed by atoms with Gasteiger partial charge in [0.15, 0.2) is 0 Å². The van der Waals surface area contributed by atoms with E-state index < -0.39 is 10.0 Å². The van der Waals surface area contributed by atoms with Crippen molar-refractivity contribution in [2.24, 2.45) is 5.92 Å². The van der Waals surface area contributed by atoms with Crippen LogP contribution in [0, 0.1) is 11.7 Å². The van der Waals surface area contributed by atoms with Crippen molar-refractivity contribution in [3.05, 3.63) is 54.3 Å². The van der Waals surface area contributed by atoms with Gasteiger partial charge >= 0.3 is 0 Å². The normalized spacial score (nSPS) is 15.3. The molecule has 0 aromatic heterocycles. The van der Waals surface area contributed by atoms with Crippen LogP contribution in [0.25, 0.3) is 0 Å². The van der Waals surface area contributed by atoms with Gasteiger partial charge in [-0.15, -0.1) is 0 Å². The molecule has 1 fully saturated rings. The molecular formula is C21H26FN3O3S. The number of sulfonamides is 1. The molecule has 0 radical (unpaired) electrons. The first-order valence-corrected chi connectivity index (χ1v) is 11.3. The molecule has 29 heavy (non-hydrogen) atoms. The van der Waals surface area contributed by atoms with Crippen molar-refractivity contribution in [1.29, 1.82) is 0 Å². The van der Waals surface area contributed by atoms with Crippen LogP contribution in [-0.2, 0) is 14.8 Å². The van der Waals surface area contributed by atoms with Crippen LogP contribution in [0.2, 0.25) is 0 Å². The Labute approximate surface area is 171 Å². The Kier molecular flexibility index (Phi) is 6.87. The van der Waals surface area contributed by atoms with Crippen molar-refractivity contribution in [3.63, 3.8) is 0 Å². The maximum atomic E-state index is 13.9. The second-order valence-electron chi connectivity index (χ2n) is 7.12. The van der Waals surface area contributed by atoms with Gasteiger partial charge in [-0.05, 0) is 55.7 Å². The number of amides is 1. The maximum Gasteiger partial charge on any atom is 0.240 e. The highest BCUT2D eigenvalue weighted by molar-refractivity contribution is 7.89. The highest BCUT2D eigenvalue weighted by atomic mass is 32.2. The van der Waals surface area contributed by atoms with Gasteiger partial charge < -0.3 is 10.2 Å². The molecule has 2 N–H and O–H groups in total. The third kappa shape index (κ3) is 5.33. The van der Waals surface area contributed by atoms with E-state index in [0.717, 1.165) is 0 Å². The third-order valence-electron chi connectivity index (χ3n) is 5.03. The minimum Gasteiger partial charge on any atom is -0.369 e. The summed E-state index contributed by atoms with van der Waals surface area (Å²) in [5, 5.41) is 2.85. The van der Waals surface area contributed by atoms with E-state index >= 15 is 0 Å². The number of piperidine rings is 1. The van der Waals surface area contributed by atoms with Gasteiger partial charge in [0.05, 0.1) is 10.6 Å². The molecule has 2 aromatic carbocycles. The average molecular weight is 420 g/mol. The van der Waals surface area contributed by atoms with Crippen molar-refractivity contribution in [2.45, 2.75) is 31.1 Å². The number of anilines is 2. The number of rotatable bonds is 7. The first-order chi connectivity index (χ1) is 13.9. The Morgan fingerprint density at radius 3 is 2.38 bits per heavy atom. The quantitative estimate of drug-likeness (QED) is 0.721. The predicted octanol–water partition coefficient (Wildman–Crippen LogP) is 3.37. The summed E-state index contributed by atoms with van der Waals surface area (Å²) < 4.78 is 40.7. The van der Waals surface area contributed by atoms with Gasteiger partial charge in [-0.1, -0.05) is 19.1 Å². The number of hydrogen-bond donors (Lipinski definition) is 2. The standard InChI is InChI=1S/C21H26FN3O3S/c1-2-13-23-29(27,28)18-9-7-17(8-10-18)24-21(26)16-11-14-25(15-12-16)20-6-4-3-5-19(20)22/h3-10,16,23H,2,11-15H2,1H3,(H,24,26). The monoisotopic (exact) mass is 419 g/mol. The van der Waals surface area contributed by atoms with Crippen LogP contribution >= 0.6 is 0 Å². The second kappa shape index (κ2) is 9.37. The molecular weight excluding hydrogens is 393 g/mol. The molecule has 1 aliphatic heterocycles. The van der Waals surface area contributed by atoms with Crippen LogP contribution in [0.15, 0.2) is 53.4 Å². The number of hydrogen-bond acceptors (Lipinski definition) is 4. The largest absolute Gasteiger partial charge is 0.369 e. The molecule has 0 spiro atoms. The van der Waals surface area contributed by atoms with E-state index in [-0.39, 0.29) is 22.5 Å². The fourth-order valence-corrected chi connectivity index (χ4v) is 4.51. The molecule has 1 heterocycles. The fraction of sp³-hybridized carbons (Fsp3) is 0.381. The van der Waals surface area contributed by atoms with Gasteiger partial charge in [-0.25, -0.2) is 17.5 Å². The zero-order chi connectivity index (χ0) is 20.9. The van der Waals surface area contributed by atoms with E-state index in [1.807, 2.05) is 11.8 Å². The summed E-state index contributed by atoms with van der Waals surface area (Å²) in [6, 6.07) is 12.8. The molecule has 1 saturated heterocycles. The van der Waals surface area contributed by atoms with Crippen molar-refractivity contribution in [1.82, 2.24) is 4.72 Å². The Balaban J connectivity index is 1.55. The lowest BCUT2D eigenvalue weighted by molar-refractivity contribution is -0.120. The number of halogens is 1. The molecule has 6 nitrogen and oxygen atoms in total. The predicted molar refractivity (Wildman–Crippen MR) is 112 cm³/mol.